The van der Waals surface area contributed by atoms with Crippen LogP contribution in [-0.4, -0.2) is 37.1 Å². The highest BCUT2D eigenvalue weighted by Crippen LogP contribution is 2.31. The third kappa shape index (κ3) is 2.19. The fourth-order valence-corrected chi connectivity index (χ4v) is 5.00. The van der Waals surface area contributed by atoms with E-state index in [1.54, 1.807) is 11.0 Å². The second kappa shape index (κ2) is 4.29. The standard InChI is InChI=1S/C11H10ClFN2O2S2/c12-7-3-6(1-2-8(7)13)15-10-5-19(16,17)4-9(10)14-11(15)18/h1-3,9-10H,4-5H2,(H,14,18)/t9-,10-/m0/s1. The SMILES string of the molecule is O=S1(=O)C[C@@H]2NC(=S)N(c3ccc(F)c(Cl)c3)[C@H]2C1. The highest BCUT2D eigenvalue weighted by atomic mass is 35.5. The van der Waals surface area contributed by atoms with Gasteiger partial charge in [-0.15, -0.1) is 0 Å². The molecule has 2 aliphatic rings. The first-order valence-electron chi connectivity index (χ1n) is 5.62. The van der Waals surface area contributed by atoms with Crippen LogP contribution in [0.15, 0.2) is 18.2 Å². The van der Waals surface area contributed by atoms with Gasteiger partial charge in [0, 0.05) is 5.69 Å². The van der Waals surface area contributed by atoms with Gasteiger partial charge in [0.1, 0.15) is 5.82 Å². The molecule has 102 valence electrons. The Morgan fingerprint density at radius 3 is 2.84 bits per heavy atom. The van der Waals surface area contributed by atoms with E-state index in [-0.39, 0.29) is 28.6 Å². The molecular weight excluding hydrogens is 311 g/mol. The van der Waals surface area contributed by atoms with Crippen molar-refractivity contribution in [3.63, 3.8) is 0 Å². The van der Waals surface area contributed by atoms with E-state index in [4.69, 9.17) is 23.8 Å². The second-order valence-electron chi connectivity index (χ2n) is 4.67. The zero-order valence-electron chi connectivity index (χ0n) is 9.64. The van der Waals surface area contributed by atoms with Gasteiger partial charge in [-0.1, -0.05) is 11.6 Å². The van der Waals surface area contributed by atoms with Crippen molar-refractivity contribution < 1.29 is 12.8 Å². The van der Waals surface area contributed by atoms with Gasteiger partial charge in [0.25, 0.3) is 0 Å². The average molecular weight is 321 g/mol. The third-order valence-electron chi connectivity index (χ3n) is 3.36. The molecule has 0 aromatic heterocycles. The lowest BCUT2D eigenvalue weighted by Gasteiger charge is -2.23. The van der Waals surface area contributed by atoms with Crippen LogP contribution in [0.2, 0.25) is 5.02 Å². The molecule has 0 unspecified atom stereocenters. The maximum Gasteiger partial charge on any atom is 0.174 e. The Hall–Kier alpha value is -0.920. The topological polar surface area (TPSA) is 49.4 Å². The number of hydrogen-bond acceptors (Lipinski definition) is 3. The Balaban J connectivity index is 1.99. The van der Waals surface area contributed by atoms with E-state index in [2.05, 4.69) is 5.32 Å². The molecule has 8 heteroatoms. The molecule has 2 aliphatic heterocycles. The van der Waals surface area contributed by atoms with Gasteiger partial charge >= 0.3 is 0 Å². The van der Waals surface area contributed by atoms with E-state index < -0.39 is 15.7 Å². The predicted octanol–water partition coefficient (Wildman–Crippen LogP) is 1.34. The minimum Gasteiger partial charge on any atom is -0.356 e. The summed E-state index contributed by atoms with van der Waals surface area (Å²) in [4.78, 5) is 1.70. The van der Waals surface area contributed by atoms with E-state index in [9.17, 15) is 12.8 Å². The van der Waals surface area contributed by atoms with Crippen LogP contribution in [0.5, 0.6) is 0 Å². The fraction of sp³-hybridized carbons (Fsp3) is 0.364. The van der Waals surface area contributed by atoms with Gasteiger partial charge in [0.2, 0.25) is 0 Å². The van der Waals surface area contributed by atoms with Crippen LogP contribution in [-0.2, 0) is 9.84 Å². The summed E-state index contributed by atoms with van der Waals surface area (Å²) in [6, 6.07) is 3.79. The van der Waals surface area contributed by atoms with Crippen molar-refractivity contribution in [1.29, 1.82) is 0 Å². The third-order valence-corrected chi connectivity index (χ3v) is 5.68. The van der Waals surface area contributed by atoms with Gasteiger partial charge in [-0.2, -0.15) is 0 Å². The van der Waals surface area contributed by atoms with E-state index in [1.165, 1.54) is 12.1 Å². The van der Waals surface area contributed by atoms with Gasteiger partial charge in [0.05, 0.1) is 28.6 Å². The number of anilines is 1. The number of halogens is 2. The molecule has 19 heavy (non-hydrogen) atoms. The molecule has 0 saturated carbocycles. The van der Waals surface area contributed by atoms with Crippen molar-refractivity contribution in [2.75, 3.05) is 16.4 Å². The molecule has 0 spiro atoms. The lowest BCUT2D eigenvalue weighted by molar-refractivity contribution is 0.600. The molecule has 2 heterocycles. The molecular formula is C11H10ClFN2O2S2. The first kappa shape index (κ1) is 13.1. The molecule has 4 nitrogen and oxygen atoms in total. The van der Waals surface area contributed by atoms with Crippen LogP contribution in [0.1, 0.15) is 0 Å². The molecule has 2 saturated heterocycles. The summed E-state index contributed by atoms with van der Waals surface area (Å²) in [5.41, 5.74) is 0.605. The fourth-order valence-electron chi connectivity index (χ4n) is 2.54. The summed E-state index contributed by atoms with van der Waals surface area (Å²) >= 11 is 11.0. The van der Waals surface area contributed by atoms with Crippen LogP contribution < -0.4 is 10.2 Å². The van der Waals surface area contributed by atoms with Crippen LogP contribution >= 0.6 is 23.8 Å². The van der Waals surface area contributed by atoms with Gasteiger partial charge in [-0.25, -0.2) is 12.8 Å². The zero-order chi connectivity index (χ0) is 13.8. The first-order chi connectivity index (χ1) is 8.87. The summed E-state index contributed by atoms with van der Waals surface area (Å²) in [5, 5.41) is 3.44. The molecule has 0 aliphatic carbocycles. The van der Waals surface area contributed by atoms with Crippen molar-refractivity contribution in [1.82, 2.24) is 5.32 Å². The van der Waals surface area contributed by atoms with Crippen LogP contribution in [0.4, 0.5) is 10.1 Å². The maximum atomic E-state index is 13.2. The van der Waals surface area contributed by atoms with E-state index in [0.717, 1.165) is 0 Å². The summed E-state index contributed by atoms with van der Waals surface area (Å²) in [7, 11) is -3.06. The highest BCUT2D eigenvalue weighted by Gasteiger charge is 2.47. The Kier molecular flexibility index (Phi) is 2.95. The van der Waals surface area contributed by atoms with E-state index >= 15 is 0 Å². The Labute approximate surface area is 120 Å². The summed E-state index contributed by atoms with van der Waals surface area (Å²) in [6.45, 7) is 0. The summed E-state index contributed by atoms with van der Waals surface area (Å²) in [6.07, 6.45) is 0. The van der Waals surface area contributed by atoms with Crippen molar-refractivity contribution >= 4 is 44.5 Å². The van der Waals surface area contributed by atoms with Gasteiger partial charge in [-0.3, -0.25) is 0 Å². The monoisotopic (exact) mass is 320 g/mol. The van der Waals surface area contributed by atoms with Crippen LogP contribution in [0.3, 0.4) is 0 Å². The Morgan fingerprint density at radius 2 is 2.16 bits per heavy atom. The van der Waals surface area contributed by atoms with E-state index in [0.29, 0.717) is 10.8 Å². The molecule has 0 radical (unpaired) electrons. The lowest BCUT2D eigenvalue weighted by Crippen LogP contribution is -2.36. The largest absolute Gasteiger partial charge is 0.356 e. The second-order valence-corrected chi connectivity index (χ2v) is 7.62. The first-order valence-corrected chi connectivity index (χ1v) is 8.23. The van der Waals surface area contributed by atoms with Gasteiger partial charge < -0.3 is 10.2 Å². The average Bonchev–Trinajstić information content (AvgIpc) is 2.73. The number of fused-ring (bicyclic) bond motifs is 1. The molecule has 2 atom stereocenters. The number of hydrogen-bond donors (Lipinski definition) is 1. The minimum absolute atomic E-state index is 0.00963. The number of nitrogens with one attached hydrogen (secondary N) is 1. The summed E-state index contributed by atoms with van der Waals surface area (Å²) in [5.74, 6) is -0.401. The Bertz CT molecular complexity index is 665. The van der Waals surface area contributed by atoms with Crippen LogP contribution in [0, 0.1) is 5.82 Å². The molecule has 1 aromatic rings. The molecule has 3 rings (SSSR count). The van der Waals surface area contributed by atoms with Crippen LogP contribution in [0.25, 0.3) is 0 Å². The number of benzene rings is 1. The molecule has 0 bridgehead atoms. The predicted molar refractivity (Wildman–Crippen MR) is 75.9 cm³/mol. The molecule has 1 N–H and O–H groups in total. The number of nitrogens with zero attached hydrogens (tertiary/aromatic N) is 1. The van der Waals surface area contributed by atoms with Crippen molar-refractivity contribution in [3.05, 3.63) is 29.0 Å². The quantitative estimate of drug-likeness (QED) is 0.791. The molecule has 0 amide bonds. The highest BCUT2D eigenvalue weighted by molar-refractivity contribution is 7.91. The lowest BCUT2D eigenvalue weighted by atomic mass is 10.1. The number of sulfone groups is 1. The van der Waals surface area contributed by atoms with Gasteiger partial charge in [-0.05, 0) is 30.4 Å². The molecule has 2 fully saturated rings. The van der Waals surface area contributed by atoms with E-state index in [1.807, 2.05) is 0 Å². The number of thiocarbonyl (C=S) groups is 1. The van der Waals surface area contributed by atoms with Crippen molar-refractivity contribution in [3.8, 4) is 0 Å². The number of rotatable bonds is 1. The van der Waals surface area contributed by atoms with Crippen molar-refractivity contribution in [2.24, 2.45) is 0 Å². The smallest absolute Gasteiger partial charge is 0.174 e. The van der Waals surface area contributed by atoms with Crippen molar-refractivity contribution in [2.45, 2.75) is 12.1 Å². The zero-order valence-corrected chi connectivity index (χ0v) is 12.0. The Morgan fingerprint density at radius 1 is 1.42 bits per heavy atom. The van der Waals surface area contributed by atoms with Gasteiger partial charge in [0.15, 0.2) is 14.9 Å². The normalized spacial score (nSPS) is 28.3. The summed E-state index contributed by atoms with van der Waals surface area (Å²) < 4.78 is 36.5. The maximum absolute atomic E-state index is 13.2. The molecule has 1 aromatic carbocycles. The minimum atomic E-state index is -3.06.